The van der Waals surface area contributed by atoms with E-state index in [1.807, 2.05) is 74.5 Å². The van der Waals surface area contributed by atoms with Gasteiger partial charge in [0.15, 0.2) is 4.45 Å². The average Bonchev–Trinajstić information content (AvgIpc) is 2.78. The normalized spacial score (nSPS) is 29.6. The van der Waals surface area contributed by atoms with Crippen LogP contribution in [0.5, 0.6) is 0 Å². The molecule has 0 aromatic heterocycles. The molecule has 1 aliphatic heterocycles. The molecule has 0 bridgehead atoms. The molecule has 5 heteroatoms. The molecule has 1 heterocycles. The monoisotopic (exact) mass is 360 g/mol. The predicted octanol–water partition coefficient (Wildman–Crippen LogP) is 5.07. The molecule has 1 aliphatic rings. The van der Waals surface area contributed by atoms with E-state index >= 15 is 0 Å². The van der Waals surface area contributed by atoms with Gasteiger partial charge < -0.3 is 0 Å². The van der Waals surface area contributed by atoms with Gasteiger partial charge in [0, 0.05) is 5.56 Å². The van der Waals surface area contributed by atoms with Crippen molar-refractivity contribution in [1.29, 1.82) is 0 Å². The summed E-state index contributed by atoms with van der Waals surface area (Å²) in [6.07, 6.45) is 0. The van der Waals surface area contributed by atoms with E-state index in [0.717, 1.165) is 11.1 Å². The summed E-state index contributed by atoms with van der Waals surface area (Å²) in [5.41, 5.74) is -0.229. The maximum Gasteiger partial charge on any atom is 0.245 e. The van der Waals surface area contributed by atoms with E-state index in [9.17, 15) is 5.26 Å². The molecule has 0 aliphatic carbocycles. The molecule has 0 amide bonds. The number of benzene rings is 2. The molecule has 0 saturated carbocycles. The lowest BCUT2D eigenvalue weighted by Crippen LogP contribution is -2.47. The summed E-state index contributed by atoms with van der Waals surface area (Å²) in [5, 5.41) is 18.5. The quantitative estimate of drug-likeness (QED) is 0.359. The van der Waals surface area contributed by atoms with Gasteiger partial charge in [-0.05, 0) is 5.56 Å². The van der Waals surface area contributed by atoms with Crippen molar-refractivity contribution in [1.82, 2.24) is 0 Å². The van der Waals surface area contributed by atoms with Gasteiger partial charge in [-0.25, -0.2) is 10.1 Å². The molecular weight excluding hydrogens is 344 g/mol. The van der Waals surface area contributed by atoms with Crippen molar-refractivity contribution < 1.29 is 10.1 Å². The molecule has 0 fully saturated rings. The molecule has 22 heavy (non-hydrogen) atoms. The molecule has 0 radical (unpaired) electrons. The second kappa shape index (κ2) is 5.26. The third kappa shape index (κ3) is 1.89. The highest BCUT2D eigenvalue weighted by Crippen LogP contribution is 2.63. The fourth-order valence-corrected chi connectivity index (χ4v) is 3.57. The van der Waals surface area contributed by atoms with Crippen molar-refractivity contribution in [2.45, 2.75) is 24.0 Å². The number of azo groups is 1. The van der Waals surface area contributed by atoms with Gasteiger partial charge >= 0.3 is 0 Å². The summed E-state index contributed by atoms with van der Waals surface area (Å²) in [4.78, 5) is 4.93. The number of alkyl halides is 1. The van der Waals surface area contributed by atoms with Gasteiger partial charge in [0.2, 0.25) is 5.72 Å². The van der Waals surface area contributed by atoms with Crippen LogP contribution in [-0.4, -0.2) is 5.26 Å². The fourth-order valence-electron chi connectivity index (χ4n) is 2.96. The topological polar surface area (TPSA) is 54.2 Å². The van der Waals surface area contributed by atoms with E-state index in [1.54, 1.807) is 0 Å². The van der Waals surface area contributed by atoms with Crippen LogP contribution < -0.4 is 0 Å². The lowest BCUT2D eigenvalue weighted by Gasteiger charge is -2.42. The smallest absolute Gasteiger partial charge is 0.245 e. The van der Waals surface area contributed by atoms with Gasteiger partial charge in [-0.3, -0.25) is 0 Å². The van der Waals surface area contributed by atoms with Crippen LogP contribution >= 0.6 is 15.9 Å². The summed E-state index contributed by atoms with van der Waals surface area (Å²) in [5.74, 6) is 0. The molecule has 2 atom stereocenters. The van der Waals surface area contributed by atoms with Gasteiger partial charge in [-0.1, -0.05) is 90.4 Å². The van der Waals surface area contributed by atoms with Crippen molar-refractivity contribution in [3.63, 3.8) is 0 Å². The standard InChI is InChI=1S/C17H17BrN2O2/c1-15(2)16(18,13-9-5-3-6-10-13)19-20-17(15,22-21)14-11-7-4-8-12-14/h3-12,21H,1-2H3. The first-order chi connectivity index (χ1) is 10.5. The minimum Gasteiger partial charge on any atom is -0.249 e. The first-order valence-electron chi connectivity index (χ1n) is 7.04. The zero-order chi connectivity index (χ0) is 15.8. The summed E-state index contributed by atoms with van der Waals surface area (Å²) < 4.78 is -0.792. The zero-order valence-corrected chi connectivity index (χ0v) is 14.0. The Morgan fingerprint density at radius 1 is 0.864 bits per heavy atom. The van der Waals surface area contributed by atoms with E-state index in [4.69, 9.17) is 4.89 Å². The van der Waals surface area contributed by atoms with Crippen LogP contribution in [0.4, 0.5) is 0 Å². The van der Waals surface area contributed by atoms with Crippen LogP contribution in [0.25, 0.3) is 0 Å². The van der Waals surface area contributed by atoms with Crippen LogP contribution in [0.3, 0.4) is 0 Å². The second-order valence-corrected chi connectivity index (χ2v) is 7.06. The van der Waals surface area contributed by atoms with Crippen LogP contribution in [-0.2, 0) is 15.1 Å². The SMILES string of the molecule is CC1(C)C(Br)(c2ccccc2)N=NC1(OO)c1ccccc1. The van der Waals surface area contributed by atoms with Crippen molar-refractivity contribution in [2.75, 3.05) is 0 Å². The molecule has 1 N–H and O–H groups in total. The Kier molecular flexibility index (Phi) is 3.67. The van der Waals surface area contributed by atoms with Crippen LogP contribution in [0.1, 0.15) is 25.0 Å². The highest BCUT2D eigenvalue weighted by molar-refractivity contribution is 9.09. The molecular formula is C17H17BrN2O2. The fraction of sp³-hybridized carbons (Fsp3) is 0.294. The third-order valence-electron chi connectivity index (χ3n) is 4.46. The second-order valence-electron chi connectivity index (χ2n) is 5.91. The Bertz CT molecular complexity index is 690. The molecule has 4 nitrogen and oxygen atoms in total. The van der Waals surface area contributed by atoms with Gasteiger partial charge in [-0.2, -0.15) is 5.11 Å². The molecule has 2 aromatic rings. The third-order valence-corrected chi connectivity index (χ3v) is 6.07. The Hall–Kier alpha value is -1.56. The number of halogens is 1. The number of rotatable bonds is 3. The minimum absolute atomic E-state index is 0.669. The Morgan fingerprint density at radius 3 is 1.86 bits per heavy atom. The first-order valence-corrected chi connectivity index (χ1v) is 7.84. The van der Waals surface area contributed by atoms with Gasteiger partial charge in [-0.15, -0.1) is 5.11 Å². The summed E-state index contributed by atoms with van der Waals surface area (Å²) >= 11 is 3.74. The summed E-state index contributed by atoms with van der Waals surface area (Å²) in [6.45, 7) is 3.94. The van der Waals surface area contributed by atoms with Gasteiger partial charge in [0.25, 0.3) is 0 Å². The van der Waals surface area contributed by atoms with Gasteiger partial charge in [0.1, 0.15) is 0 Å². The van der Waals surface area contributed by atoms with Crippen molar-refractivity contribution >= 4 is 15.9 Å². The molecule has 114 valence electrons. The molecule has 0 spiro atoms. The highest BCUT2D eigenvalue weighted by Gasteiger charge is 2.65. The first kappa shape index (κ1) is 15.3. The molecule has 2 aromatic carbocycles. The highest BCUT2D eigenvalue weighted by atomic mass is 79.9. The lowest BCUT2D eigenvalue weighted by atomic mass is 9.71. The summed E-state index contributed by atoms with van der Waals surface area (Å²) in [7, 11) is 0. The molecule has 0 saturated heterocycles. The maximum atomic E-state index is 9.71. The van der Waals surface area contributed by atoms with E-state index in [0.29, 0.717) is 0 Å². The summed E-state index contributed by atoms with van der Waals surface area (Å²) in [6, 6.07) is 19.2. The van der Waals surface area contributed by atoms with Crippen LogP contribution in [0, 0.1) is 5.41 Å². The Labute approximate surface area is 137 Å². The predicted molar refractivity (Wildman–Crippen MR) is 87.5 cm³/mol. The van der Waals surface area contributed by atoms with Crippen molar-refractivity contribution in [3.8, 4) is 0 Å². The van der Waals surface area contributed by atoms with E-state index in [2.05, 4.69) is 26.2 Å². The van der Waals surface area contributed by atoms with E-state index in [1.165, 1.54) is 0 Å². The Balaban J connectivity index is 2.17. The molecule has 3 rings (SSSR count). The van der Waals surface area contributed by atoms with Crippen molar-refractivity contribution in [2.24, 2.45) is 15.6 Å². The zero-order valence-electron chi connectivity index (χ0n) is 12.4. The van der Waals surface area contributed by atoms with Crippen LogP contribution in [0.15, 0.2) is 70.9 Å². The van der Waals surface area contributed by atoms with E-state index < -0.39 is 15.6 Å². The van der Waals surface area contributed by atoms with Gasteiger partial charge in [0.05, 0.1) is 5.41 Å². The number of hydrogen-bond acceptors (Lipinski definition) is 4. The maximum absolute atomic E-state index is 9.71. The lowest BCUT2D eigenvalue weighted by molar-refractivity contribution is -0.354. The van der Waals surface area contributed by atoms with Crippen LogP contribution in [0.2, 0.25) is 0 Å². The van der Waals surface area contributed by atoms with E-state index in [-0.39, 0.29) is 0 Å². The van der Waals surface area contributed by atoms with Crippen molar-refractivity contribution in [3.05, 3.63) is 71.8 Å². The largest absolute Gasteiger partial charge is 0.249 e. The minimum atomic E-state index is -1.27. The Morgan fingerprint density at radius 2 is 1.36 bits per heavy atom. The average molecular weight is 361 g/mol. The molecule has 2 unspecified atom stereocenters. The number of nitrogens with zero attached hydrogens (tertiary/aromatic N) is 2. The number of hydrogen-bond donors (Lipinski definition) is 1.